The summed E-state index contributed by atoms with van der Waals surface area (Å²) in [5, 5.41) is 15.8. The molecule has 0 aromatic carbocycles. The van der Waals surface area contributed by atoms with E-state index in [1.54, 1.807) is 13.0 Å². The molecule has 1 aromatic heterocycles. The molecular formula is C15H23N3O5. The first-order valence-electron chi connectivity index (χ1n) is 7.53. The Morgan fingerprint density at radius 1 is 1.57 bits per heavy atom. The van der Waals surface area contributed by atoms with Gasteiger partial charge in [0.15, 0.2) is 5.69 Å². The molecule has 2 heterocycles. The van der Waals surface area contributed by atoms with Gasteiger partial charge in [0.25, 0.3) is 5.91 Å². The average Bonchev–Trinajstić information content (AvgIpc) is 2.84. The molecule has 1 saturated heterocycles. The second-order valence-electron chi connectivity index (χ2n) is 6.55. The number of carboxylic acid groups (broad SMARTS) is 1. The SMILES string of the molecule is Cc1cc(C(=O)NC(C)CN2CC(C)(C)OCC2C(=O)O)no1. The smallest absolute Gasteiger partial charge is 0.323 e. The average molecular weight is 325 g/mol. The second kappa shape index (κ2) is 6.67. The number of carbonyl (C=O) groups is 2. The molecule has 1 aliphatic rings. The number of nitrogens with one attached hydrogen (secondary N) is 1. The van der Waals surface area contributed by atoms with Gasteiger partial charge in [0.1, 0.15) is 11.8 Å². The van der Waals surface area contributed by atoms with Crippen molar-refractivity contribution in [1.29, 1.82) is 0 Å². The van der Waals surface area contributed by atoms with Crippen molar-refractivity contribution in [2.24, 2.45) is 0 Å². The molecule has 2 atom stereocenters. The van der Waals surface area contributed by atoms with Crippen LogP contribution in [-0.2, 0) is 9.53 Å². The van der Waals surface area contributed by atoms with E-state index in [-0.39, 0.29) is 24.2 Å². The molecule has 0 saturated carbocycles. The van der Waals surface area contributed by atoms with Gasteiger partial charge in [-0.15, -0.1) is 0 Å². The number of carbonyl (C=O) groups excluding carboxylic acids is 1. The molecule has 1 aromatic rings. The van der Waals surface area contributed by atoms with Crippen LogP contribution in [0.25, 0.3) is 0 Å². The van der Waals surface area contributed by atoms with Crippen LogP contribution >= 0.6 is 0 Å². The Morgan fingerprint density at radius 3 is 2.83 bits per heavy atom. The Morgan fingerprint density at radius 2 is 2.26 bits per heavy atom. The van der Waals surface area contributed by atoms with E-state index in [1.807, 2.05) is 25.7 Å². The Labute approximate surface area is 134 Å². The van der Waals surface area contributed by atoms with Gasteiger partial charge in [-0.2, -0.15) is 0 Å². The van der Waals surface area contributed by atoms with Crippen molar-refractivity contribution in [2.45, 2.75) is 45.4 Å². The molecule has 0 aliphatic carbocycles. The summed E-state index contributed by atoms with van der Waals surface area (Å²) in [6.07, 6.45) is 0. The highest BCUT2D eigenvalue weighted by molar-refractivity contribution is 5.92. The quantitative estimate of drug-likeness (QED) is 0.819. The van der Waals surface area contributed by atoms with Crippen molar-refractivity contribution >= 4 is 11.9 Å². The van der Waals surface area contributed by atoms with Crippen LogP contribution in [0.3, 0.4) is 0 Å². The predicted molar refractivity (Wildman–Crippen MR) is 81.2 cm³/mol. The molecule has 2 unspecified atom stereocenters. The first-order chi connectivity index (χ1) is 10.7. The number of rotatable bonds is 5. The van der Waals surface area contributed by atoms with E-state index in [4.69, 9.17) is 9.26 Å². The van der Waals surface area contributed by atoms with E-state index in [1.165, 1.54) is 0 Å². The maximum Gasteiger partial charge on any atom is 0.323 e. The zero-order valence-corrected chi connectivity index (χ0v) is 13.8. The van der Waals surface area contributed by atoms with Crippen molar-refractivity contribution < 1.29 is 24.0 Å². The number of nitrogens with zero attached hydrogens (tertiary/aromatic N) is 2. The number of aromatic nitrogens is 1. The van der Waals surface area contributed by atoms with Gasteiger partial charge >= 0.3 is 5.97 Å². The molecule has 128 valence electrons. The van der Waals surface area contributed by atoms with Gasteiger partial charge in [0, 0.05) is 25.2 Å². The minimum atomic E-state index is -0.925. The van der Waals surface area contributed by atoms with Gasteiger partial charge in [-0.3, -0.25) is 14.5 Å². The van der Waals surface area contributed by atoms with E-state index >= 15 is 0 Å². The largest absolute Gasteiger partial charge is 0.480 e. The highest BCUT2D eigenvalue weighted by atomic mass is 16.5. The lowest BCUT2D eigenvalue weighted by atomic mass is 10.0. The zero-order chi connectivity index (χ0) is 17.2. The molecule has 1 amide bonds. The Hall–Kier alpha value is -1.93. The molecule has 0 bridgehead atoms. The number of carboxylic acids is 1. The fourth-order valence-electron chi connectivity index (χ4n) is 2.64. The van der Waals surface area contributed by atoms with E-state index in [0.29, 0.717) is 18.8 Å². The molecule has 8 heteroatoms. The Balaban J connectivity index is 1.97. The summed E-state index contributed by atoms with van der Waals surface area (Å²) in [5.74, 6) is -0.705. The van der Waals surface area contributed by atoms with E-state index in [2.05, 4.69) is 10.5 Å². The summed E-state index contributed by atoms with van der Waals surface area (Å²) >= 11 is 0. The van der Waals surface area contributed by atoms with Crippen molar-refractivity contribution in [3.63, 3.8) is 0 Å². The van der Waals surface area contributed by atoms with Crippen LogP contribution in [0, 0.1) is 6.92 Å². The summed E-state index contributed by atoms with van der Waals surface area (Å²) in [6, 6.07) is 0.604. The van der Waals surface area contributed by atoms with E-state index in [0.717, 1.165) is 0 Å². The van der Waals surface area contributed by atoms with Crippen molar-refractivity contribution in [3.8, 4) is 0 Å². The summed E-state index contributed by atoms with van der Waals surface area (Å²) < 4.78 is 10.4. The minimum Gasteiger partial charge on any atom is -0.480 e. The van der Waals surface area contributed by atoms with Crippen LogP contribution in [0.2, 0.25) is 0 Å². The third-order valence-corrected chi connectivity index (χ3v) is 3.69. The van der Waals surface area contributed by atoms with Crippen LogP contribution in [-0.4, -0.2) is 64.4 Å². The van der Waals surface area contributed by atoms with E-state index < -0.39 is 17.6 Å². The lowest BCUT2D eigenvalue weighted by Gasteiger charge is -2.42. The lowest BCUT2D eigenvalue weighted by Crippen LogP contribution is -2.59. The highest BCUT2D eigenvalue weighted by Gasteiger charge is 2.38. The molecule has 23 heavy (non-hydrogen) atoms. The minimum absolute atomic E-state index is 0.130. The first-order valence-corrected chi connectivity index (χ1v) is 7.53. The van der Waals surface area contributed by atoms with Crippen LogP contribution < -0.4 is 5.32 Å². The van der Waals surface area contributed by atoms with Gasteiger partial charge in [-0.05, 0) is 27.7 Å². The maximum atomic E-state index is 12.1. The van der Waals surface area contributed by atoms with Crippen LogP contribution in [0.5, 0.6) is 0 Å². The second-order valence-corrected chi connectivity index (χ2v) is 6.55. The molecular weight excluding hydrogens is 302 g/mol. The maximum absolute atomic E-state index is 12.1. The van der Waals surface area contributed by atoms with Gasteiger partial charge in [-0.25, -0.2) is 0 Å². The number of amides is 1. The molecule has 1 fully saturated rings. The van der Waals surface area contributed by atoms with Gasteiger partial charge in [0.2, 0.25) is 0 Å². The molecule has 2 N–H and O–H groups in total. The fraction of sp³-hybridized carbons (Fsp3) is 0.667. The standard InChI is InChI=1S/C15H23N3O5/c1-9(16-13(19)11-5-10(2)23-17-11)6-18-8-15(3,4)22-7-12(18)14(20)21/h5,9,12H,6-8H2,1-4H3,(H,16,19)(H,20,21). The molecule has 1 aliphatic heterocycles. The molecule has 0 spiro atoms. The third-order valence-electron chi connectivity index (χ3n) is 3.69. The normalized spacial score (nSPS) is 22.5. The Kier molecular flexibility index (Phi) is 5.06. The number of morpholine rings is 1. The summed E-state index contributed by atoms with van der Waals surface area (Å²) in [6.45, 7) is 8.39. The molecule has 8 nitrogen and oxygen atoms in total. The number of hydrogen-bond donors (Lipinski definition) is 2. The summed E-state index contributed by atoms with van der Waals surface area (Å²) in [5.41, 5.74) is -0.203. The van der Waals surface area contributed by atoms with Gasteiger partial charge in [0.05, 0.1) is 12.2 Å². The summed E-state index contributed by atoms with van der Waals surface area (Å²) in [7, 11) is 0. The fourth-order valence-corrected chi connectivity index (χ4v) is 2.64. The highest BCUT2D eigenvalue weighted by Crippen LogP contribution is 2.21. The van der Waals surface area contributed by atoms with E-state index in [9.17, 15) is 14.7 Å². The predicted octanol–water partition coefficient (Wildman–Crippen LogP) is 0.665. The first kappa shape index (κ1) is 17.4. The number of ether oxygens (including phenoxy) is 1. The van der Waals surface area contributed by atoms with Gasteiger partial charge in [-0.1, -0.05) is 5.16 Å². The van der Waals surface area contributed by atoms with Crippen LogP contribution in [0.4, 0.5) is 0 Å². The number of aryl methyl sites for hydroxylation is 1. The third kappa shape index (κ3) is 4.52. The lowest BCUT2D eigenvalue weighted by molar-refractivity contribution is -0.162. The van der Waals surface area contributed by atoms with Crippen molar-refractivity contribution in [3.05, 3.63) is 17.5 Å². The van der Waals surface area contributed by atoms with Crippen LogP contribution in [0.1, 0.15) is 37.0 Å². The number of aliphatic carboxylic acids is 1. The molecule has 0 radical (unpaired) electrons. The van der Waals surface area contributed by atoms with Crippen molar-refractivity contribution in [2.75, 3.05) is 19.7 Å². The Bertz CT molecular complexity index is 583. The monoisotopic (exact) mass is 325 g/mol. The zero-order valence-electron chi connectivity index (χ0n) is 13.8. The van der Waals surface area contributed by atoms with Gasteiger partial charge < -0.3 is 19.7 Å². The molecule has 2 rings (SSSR count). The van der Waals surface area contributed by atoms with Crippen molar-refractivity contribution in [1.82, 2.24) is 15.4 Å². The topological polar surface area (TPSA) is 105 Å². The summed E-state index contributed by atoms with van der Waals surface area (Å²) in [4.78, 5) is 25.3. The number of hydrogen-bond acceptors (Lipinski definition) is 6. The van der Waals surface area contributed by atoms with Crippen LogP contribution in [0.15, 0.2) is 10.6 Å².